The van der Waals surface area contributed by atoms with Crippen LogP contribution in [0.3, 0.4) is 0 Å². The molecule has 0 unspecified atom stereocenters. The van der Waals surface area contributed by atoms with E-state index in [9.17, 15) is 4.79 Å². The van der Waals surface area contributed by atoms with Gasteiger partial charge >= 0.3 is 0 Å². The standard InChI is InChI=1S/C14H8Cl2N4O/c15-11-7-12(20-14(16)18-11)19-13(21)9-3-1-5-10-8(9)4-2-6-17-10/h1-7H,(H,18,19,20,21). The Balaban J connectivity index is 1.97. The molecule has 0 aliphatic carbocycles. The van der Waals surface area contributed by atoms with E-state index in [0.29, 0.717) is 5.56 Å². The van der Waals surface area contributed by atoms with E-state index in [-0.39, 0.29) is 22.2 Å². The Labute approximate surface area is 130 Å². The number of anilines is 1. The van der Waals surface area contributed by atoms with Crippen LogP contribution in [-0.4, -0.2) is 20.9 Å². The van der Waals surface area contributed by atoms with Crippen LogP contribution in [0.5, 0.6) is 0 Å². The van der Waals surface area contributed by atoms with E-state index in [4.69, 9.17) is 23.2 Å². The minimum absolute atomic E-state index is 0.0302. The zero-order valence-corrected chi connectivity index (χ0v) is 12.1. The largest absolute Gasteiger partial charge is 0.306 e. The third kappa shape index (κ3) is 2.94. The molecule has 0 aliphatic rings. The lowest BCUT2D eigenvalue weighted by atomic mass is 10.1. The van der Waals surface area contributed by atoms with Crippen molar-refractivity contribution in [1.82, 2.24) is 15.0 Å². The van der Waals surface area contributed by atoms with Crippen LogP contribution in [0, 0.1) is 0 Å². The minimum atomic E-state index is -0.320. The lowest BCUT2D eigenvalue weighted by molar-refractivity contribution is 0.102. The van der Waals surface area contributed by atoms with Gasteiger partial charge in [-0.15, -0.1) is 0 Å². The van der Waals surface area contributed by atoms with Gasteiger partial charge in [-0.05, 0) is 29.8 Å². The van der Waals surface area contributed by atoms with Crippen molar-refractivity contribution in [3.05, 3.63) is 58.6 Å². The highest BCUT2D eigenvalue weighted by molar-refractivity contribution is 6.32. The molecule has 7 heteroatoms. The van der Waals surface area contributed by atoms with Crippen LogP contribution in [0.25, 0.3) is 10.9 Å². The molecule has 1 amide bonds. The average molecular weight is 319 g/mol. The summed E-state index contributed by atoms with van der Waals surface area (Å²) in [6.45, 7) is 0. The molecule has 0 fully saturated rings. The third-order valence-corrected chi connectivity index (χ3v) is 3.16. The first-order valence-electron chi connectivity index (χ1n) is 5.99. The predicted octanol–water partition coefficient (Wildman–Crippen LogP) is 3.58. The van der Waals surface area contributed by atoms with Crippen molar-refractivity contribution in [2.45, 2.75) is 0 Å². The molecule has 0 saturated carbocycles. The van der Waals surface area contributed by atoms with Gasteiger partial charge in [-0.1, -0.05) is 23.7 Å². The van der Waals surface area contributed by atoms with Gasteiger partial charge < -0.3 is 5.32 Å². The van der Waals surface area contributed by atoms with Crippen LogP contribution >= 0.6 is 23.2 Å². The number of amides is 1. The second-order valence-electron chi connectivity index (χ2n) is 4.17. The highest BCUT2D eigenvalue weighted by Gasteiger charge is 2.12. The Bertz CT molecular complexity index is 813. The Kier molecular flexibility index (Phi) is 3.68. The molecule has 0 atom stereocenters. The maximum absolute atomic E-state index is 12.4. The molecule has 2 aromatic heterocycles. The number of nitrogens with one attached hydrogen (secondary N) is 1. The second kappa shape index (κ2) is 5.63. The van der Waals surface area contributed by atoms with E-state index < -0.39 is 0 Å². The monoisotopic (exact) mass is 318 g/mol. The Morgan fingerprint density at radius 3 is 2.76 bits per heavy atom. The molecule has 3 rings (SSSR count). The molecule has 1 aromatic carbocycles. The topological polar surface area (TPSA) is 67.8 Å². The molecule has 3 aromatic rings. The maximum Gasteiger partial charge on any atom is 0.257 e. The Morgan fingerprint density at radius 2 is 1.95 bits per heavy atom. The Hall–Kier alpha value is -2.24. The van der Waals surface area contributed by atoms with Crippen LogP contribution in [0.2, 0.25) is 10.4 Å². The summed E-state index contributed by atoms with van der Waals surface area (Å²) in [5, 5.41) is 3.53. The summed E-state index contributed by atoms with van der Waals surface area (Å²) in [5.41, 5.74) is 1.23. The molecule has 21 heavy (non-hydrogen) atoms. The summed E-state index contributed by atoms with van der Waals surface area (Å²) in [4.78, 5) is 24.2. The molecule has 104 valence electrons. The molecular weight excluding hydrogens is 311 g/mol. The third-order valence-electron chi connectivity index (χ3n) is 2.80. The number of rotatable bonds is 2. The van der Waals surface area contributed by atoms with Gasteiger partial charge in [0, 0.05) is 23.2 Å². The van der Waals surface area contributed by atoms with Crippen molar-refractivity contribution in [2.75, 3.05) is 5.32 Å². The van der Waals surface area contributed by atoms with Crippen LogP contribution in [-0.2, 0) is 0 Å². The lowest BCUT2D eigenvalue weighted by Gasteiger charge is -2.07. The molecular formula is C14H8Cl2N4O. The van der Waals surface area contributed by atoms with Crippen LogP contribution < -0.4 is 5.32 Å². The van der Waals surface area contributed by atoms with Gasteiger partial charge in [0.25, 0.3) is 5.91 Å². The first-order chi connectivity index (χ1) is 10.1. The van der Waals surface area contributed by atoms with Crippen molar-refractivity contribution in [3.63, 3.8) is 0 Å². The summed E-state index contributed by atoms with van der Waals surface area (Å²) in [6, 6.07) is 10.3. The summed E-state index contributed by atoms with van der Waals surface area (Å²) < 4.78 is 0. The molecule has 5 nitrogen and oxygen atoms in total. The van der Waals surface area contributed by atoms with Gasteiger partial charge in [0.15, 0.2) is 0 Å². The van der Waals surface area contributed by atoms with E-state index in [0.717, 1.165) is 10.9 Å². The second-order valence-corrected chi connectivity index (χ2v) is 4.90. The van der Waals surface area contributed by atoms with Gasteiger partial charge in [-0.2, -0.15) is 0 Å². The number of nitrogens with zero attached hydrogens (tertiary/aromatic N) is 3. The van der Waals surface area contributed by atoms with Crippen LogP contribution in [0.15, 0.2) is 42.6 Å². The van der Waals surface area contributed by atoms with E-state index in [1.165, 1.54) is 6.07 Å². The van der Waals surface area contributed by atoms with Gasteiger partial charge in [0.05, 0.1) is 5.52 Å². The van der Waals surface area contributed by atoms with Crippen molar-refractivity contribution in [1.29, 1.82) is 0 Å². The maximum atomic E-state index is 12.4. The van der Waals surface area contributed by atoms with E-state index in [2.05, 4.69) is 20.3 Å². The average Bonchev–Trinajstić information content (AvgIpc) is 2.45. The summed E-state index contributed by atoms with van der Waals surface area (Å²) in [5.74, 6) is -0.0784. The van der Waals surface area contributed by atoms with Crippen molar-refractivity contribution >= 4 is 45.8 Å². The molecule has 0 saturated heterocycles. The summed E-state index contributed by atoms with van der Waals surface area (Å²) in [6.07, 6.45) is 1.67. The smallest absolute Gasteiger partial charge is 0.257 e. The van der Waals surface area contributed by atoms with E-state index in [1.54, 1.807) is 24.4 Å². The predicted molar refractivity (Wildman–Crippen MR) is 81.7 cm³/mol. The highest BCUT2D eigenvalue weighted by atomic mass is 35.5. The first kappa shape index (κ1) is 13.7. The lowest BCUT2D eigenvalue weighted by Crippen LogP contribution is -2.13. The van der Waals surface area contributed by atoms with Gasteiger partial charge in [0.2, 0.25) is 5.28 Å². The quantitative estimate of drug-likeness (QED) is 0.579. The first-order valence-corrected chi connectivity index (χ1v) is 6.74. The molecule has 0 bridgehead atoms. The summed E-state index contributed by atoms with van der Waals surface area (Å²) >= 11 is 11.5. The number of hydrogen-bond donors (Lipinski definition) is 1. The van der Waals surface area contributed by atoms with Gasteiger partial charge in [0.1, 0.15) is 11.0 Å². The fourth-order valence-electron chi connectivity index (χ4n) is 1.94. The normalized spacial score (nSPS) is 10.6. The molecule has 0 radical (unpaired) electrons. The zero-order valence-electron chi connectivity index (χ0n) is 10.5. The van der Waals surface area contributed by atoms with E-state index in [1.807, 2.05) is 12.1 Å². The van der Waals surface area contributed by atoms with Crippen molar-refractivity contribution < 1.29 is 4.79 Å². The van der Waals surface area contributed by atoms with Crippen molar-refractivity contribution in [3.8, 4) is 0 Å². The number of halogens is 2. The van der Waals surface area contributed by atoms with Crippen molar-refractivity contribution in [2.24, 2.45) is 0 Å². The fourth-order valence-corrected chi connectivity index (χ4v) is 2.35. The van der Waals surface area contributed by atoms with Gasteiger partial charge in [-0.25, -0.2) is 9.97 Å². The molecule has 0 spiro atoms. The molecule has 1 N–H and O–H groups in total. The SMILES string of the molecule is O=C(Nc1cc(Cl)nc(Cl)n1)c1cccc2ncccc12. The number of benzene rings is 1. The number of carbonyl (C=O) groups is 1. The highest BCUT2D eigenvalue weighted by Crippen LogP contribution is 2.19. The minimum Gasteiger partial charge on any atom is -0.306 e. The van der Waals surface area contributed by atoms with E-state index >= 15 is 0 Å². The number of fused-ring (bicyclic) bond motifs is 1. The number of aromatic nitrogens is 3. The number of hydrogen-bond acceptors (Lipinski definition) is 4. The van der Waals surface area contributed by atoms with Crippen LogP contribution in [0.1, 0.15) is 10.4 Å². The molecule has 0 aliphatic heterocycles. The Morgan fingerprint density at radius 1 is 1.10 bits per heavy atom. The number of pyridine rings is 1. The van der Waals surface area contributed by atoms with Gasteiger partial charge in [-0.3, -0.25) is 9.78 Å². The zero-order chi connectivity index (χ0) is 14.8. The van der Waals surface area contributed by atoms with Crippen LogP contribution in [0.4, 0.5) is 5.82 Å². The molecule has 2 heterocycles. The number of carbonyl (C=O) groups excluding carboxylic acids is 1. The fraction of sp³-hybridized carbons (Fsp3) is 0. The summed E-state index contributed by atoms with van der Waals surface area (Å²) in [7, 11) is 0.